The Bertz CT molecular complexity index is 872. The molecule has 1 aliphatic carbocycles. The van der Waals surface area contributed by atoms with Crippen LogP contribution in [0.15, 0.2) is 23.1 Å². The molecular weight excluding hydrogens is 404 g/mol. The van der Waals surface area contributed by atoms with Crippen LogP contribution in [0.3, 0.4) is 0 Å². The number of benzene rings is 1. The molecule has 1 saturated heterocycles. The molecule has 1 aliphatic heterocycles. The summed E-state index contributed by atoms with van der Waals surface area (Å²) in [7, 11) is -3.67. The van der Waals surface area contributed by atoms with E-state index in [0.29, 0.717) is 18.7 Å². The predicted molar refractivity (Wildman–Crippen MR) is 114 cm³/mol. The van der Waals surface area contributed by atoms with E-state index in [9.17, 15) is 18.0 Å². The number of hydrogen-bond acceptors (Lipinski definition) is 5. The molecule has 1 amide bonds. The first-order chi connectivity index (χ1) is 14.3. The standard InChI is InChI=1S/C22H32N2O5S/c1-16-11-12-18(15-20(16)30(27,28)24-13-7-4-8-14-24)22(26)29-17(2)21(25)23-19-9-5-3-6-10-19/h11-12,15,17,19H,3-10,13-14H2,1-2H3,(H,23,25)/t17-/m1/s1. The van der Waals surface area contributed by atoms with Gasteiger partial charge in [0.05, 0.1) is 10.5 Å². The van der Waals surface area contributed by atoms with Crippen molar-refractivity contribution < 1.29 is 22.7 Å². The molecule has 7 nitrogen and oxygen atoms in total. The Kier molecular flexibility index (Phi) is 7.52. The lowest BCUT2D eigenvalue weighted by atomic mass is 9.95. The van der Waals surface area contributed by atoms with E-state index in [-0.39, 0.29) is 22.4 Å². The van der Waals surface area contributed by atoms with Gasteiger partial charge in [-0.25, -0.2) is 13.2 Å². The van der Waals surface area contributed by atoms with Crippen molar-refractivity contribution in [1.29, 1.82) is 0 Å². The average molecular weight is 437 g/mol. The Morgan fingerprint density at radius 3 is 2.37 bits per heavy atom. The Hall–Kier alpha value is -1.93. The van der Waals surface area contributed by atoms with Gasteiger partial charge in [-0.15, -0.1) is 0 Å². The molecule has 3 rings (SSSR count). The fourth-order valence-electron chi connectivity index (χ4n) is 4.10. The maximum absolute atomic E-state index is 13.0. The van der Waals surface area contributed by atoms with Crippen molar-refractivity contribution in [1.82, 2.24) is 9.62 Å². The van der Waals surface area contributed by atoms with Crippen molar-refractivity contribution in [3.05, 3.63) is 29.3 Å². The highest BCUT2D eigenvalue weighted by atomic mass is 32.2. The largest absolute Gasteiger partial charge is 0.449 e. The maximum Gasteiger partial charge on any atom is 0.338 e. The summed E-state index contributed by atoms with van der Waals surface area (Å²) >= 11 is 0. The number of piperidine rings is 1. The third kappa shape index (κ3) is 5.40. The van der Waals surface area contributed by atoms with E-state index < -0.39 is 22.1 Å². The third-order valence-electron chi connectivity index (χ3n) is 5.96. The average Bonchev–Trinajstić information content (AvgIpc) is 2.75. The van der Waals surface area contributed by atoms with E-state index in [1.54, 1.807) is 19.1 Å². The molecule has 1 heterocycles. The van der Waals surface area contributed by atoms with Crippen LogP contribution in [0, 0.1) is 6.92 Å². The number of nitrogens with one attached hydrogen (secondary N) is 1. The summed E-state index contributed by atoms with van der Waals surface area (Å²) in [6, 6.07) is 4.65. The monoisotopic (exact) mass is 436 g/mol. The van der Waals surface area contributed by atoms with Crippen molar-refractivity contribution in [2.75, 3.05) is 13.1 Å². The number of carbonyl (C=O) groups is 2. The molecule has 0 radical (unpaired) electrons. The van der Waals surface area contributed by atoms with Crippen molar-refractivity contribution in [3.8, 4) is 0 Å². The molecule has 1 atom stereocenters. The summed E-state index contributed by atoms with van der Waals surface area (Å²) in [5.74, 6) is -1.01. The molecule has 2 aliphatic rings. The molecule has 1 aromatic rings. The van der Waals surface area contributed by atoms with Gasteiger partial charge in [0.15, 0.2) is 6.10 Å². The smallest absolute Gasteiger partial charge is 0.338 e. The molecule has 1 saturated carbocycles. The van der Waals surface area contributed by atoms with Crippen LogP contribution in [0.1, 0.15) is 74.2 Å². The lowest BCUT2D eigenvalue weighted by Gasteiger charge is -2.26. The van der Waals surface area contributed by atoms with E-state index in [2.05, 4.69) is 5.32 Å². The molecule has 0 bridgehead atoms. The number of esters is 1. The quantitative estimate of drug-likeness (QED) is 0.692. The van der Waals surface area contributed by atoms with Crippen LogP contribution >= 0.6 is 0 Å². The first-order valence-corrected chi connectivity index (χ1v) is 12.3. The van der Waals surface area contributed by atoms with Crippen LogP contribution in [0.5, 0.6) is 0 Å². The second kappa shape index (κ2) is 9.92. The minimum atomic E-state index is -3.67. The minimum Gasteiger partial charge on any atom is -0.449 e. The van der Waals surface area contributed by atoms with Gasteiger partial charge in [-0.05, 0) is 57.2 Å². The number of sulfonamides is 1. The van der Waals surface area contributed by atoms with Gasteiger partial charge in [0.1, 0.15) is 0 Å². The van der Waals surface area contributed by atoms with Gasteiger partial charge in [-0.2, -0.15) is 4.31 Å². The summed E-state index contributed by atoms with van der Waals surface area (Å²) in [4.78, 5) is 25.1. The van der Waals surface area contributed by atoms with Gasteiger partial charge in [-0.3, -0.25) is 4.79 Å². The zero-order valence-electron chi connectivity index (χ0n) is 17.9. The van der Waals surface area contributed by atoms with Gasteiger partial charge >= 0.3 is 5.97 Å². The van der Waals surface area contributed by atoms with E-state index in [4.69, 9.17) is 4.74 Å². The van der Waals surface area contributed by atoms with Gasteiger partial charge in [-0.1, -0.05) is 31.7 Å². The van der Waals surface area contributed by atoms with Crippen LogP contribution in [-0.4, -0.2) is 49.8 Å². The van der Waals surface area contributed by atoms with Gasteiger partial charge < -0.3 is 10.1 Å². The zero-order chi connectivity index (χ0) is 21.7. The summed E-state index contributed by atoms with van der Waals surface area (Å²) in [5.41, 5.74) is 0.716. The van der Waals surface area contributed by atoms with Crippen molar-refractivity contribution in [3.63, 3.8) is 0 Å². The summed E-state index contributed by atoms with van der Waals surface area (Å²) < 4.78 is 32.9. The van der Waals surface area contributed by atoms with Crippen LogP contribution in [0.4, 0.5) is 0 Å². The number of carbonyl (C=O) groups excluding carboxylic acids is 2. The third-order valence-corrected chi connectivity index (χ3v) is 8.00. The zero-order valence-corrected chi connectivity index (χ0v) is 18.7. The Morgan fingerprint density at radius 2 is 1.70 bits per heavy atom. The van der Waals surface area contributed by atoms with E-state index in [0.717, 1.165) is 44.9 Å². The minimum absolute atomic E-state index is 0.123. The predicted octanol–water partition coefficient (Wildman–Crippen LogP) is 3.16. The lowest BCUT2D eigenvalue weighted by Crippen LogP contribution is -2.42. The molecule has 1 aromatic carbocycles. The lowest BCUT2D eigenvalue weighted by molar-refractivity contribution is -0.130. The van der Waals surface area contributed by atoms with Crippen molar-refractivity contribution >= 4 is 21.9 Å². The summed E-state index contributed by atoms with van der Waals surface area (Å²) in [6.07, 6.45) is 7.03. The van der Waals surface area contributed by atoms with E-state index in [1.807, 2.05) is 0 Å². The number of ether oxygens (including phenoxy) is 1. The topological polar surface area (TPSA) is 92.8 Å². The first-order valence-electron chi connectivity index (χ1n) is 10.9. The van der Waals surface area contributed by atoms with Crippen LogP contribution in [-0.2, 0) is 19.6 Å². The number of nitrogens with zero attached hydrogens (tertiary/aromatic N) is 1. The normalized spacial score (nSPS) is 19.8. The molecule has 166 valence electrons. The molecule has 1 N–H and O–H groups in total. The van der Waals surface area contributed by atoms with Crippen LogP contribution in [0.2, 0.25) is 0 Å². The highest BCUT2D eigenvalue weighted by molar-refractivity contribution is 7.89. The van der Waals surface area contributed by atoms with Gasteiger partial charge in [0, 0.05) is 19.1 Å². The molecule has 8 heteroatoms. The van der Waals surface area contributed by atoms with Crippen LogP contribution < -0.4 is 5.32 Å². The van der Waals surface area contributed by atoms with E-state index >= 15 is 0 Å². The molecule has 0 unspecified atom stereocenters. The summed E-state index contributed by atoms with van der Waals surface area (Å²) in [5, 5.41) is 2.94. The molecular formula is C22H32N2O5S. The van der Waals surface area contributed by atoms with E-state index in [1.165, 1.54) is 23.7 Å². The fraction of sp³-hybridized carbons (Fsp3) is 0.636. The molecule has 2 fully saturated rings. The second-order valence-corrected chi connectivity index (χ2v) is 10.2. The van der Waals surface area contributed by atoms with Crippen LogP contribution in [0.25, 0.3) is 0 Å². The number of amides is 1. The first kappa shape index (κ1) is 22.7. The second-order valence-electron chi connectivity index (χ2n) is 8.34. The Morgan fingerprint density at radius 1 is 1.07 bits per heavy atom. The number of aryl methyl sites for hydroxylation is 1. The maximum atomic E-state index is 13.0. The highest BCUT2D eigenvalue weighted by Crippen LogP contribution is 2.25. The number of hydrogen-bond donors (Lipinski definition) is 1. The molecule has 0 aromatic heterocycles. The molecule has 0 spiro atoms. The van der Waals surface area contributed by atoms with Crippen molar-refractivity contribution in [2.24, 2.45) is 0 Å². The molecule has 30 heavy (non-hydrogen) atoms. The van der Waals surface area contributed by atoms with Gasteiger partial charge in [0.2, 0.25) is 10.0 Å². The SMILES string of the molecule is Cc1ccc(C(=O)O[C@H](C)C(=O)NC2CCCCC2)cc1S(=O)(=O)N1CCCCC1. The van der Waals surface area contributed by atoms with Crippen molar-refractivity contribution in [2.45, 2.75) is 82.3 Å². The fourth-order valence-corrected chi connectivity index (χ4v) is 5.86. The highest BCUT2D eigenvalue weighted by Gasteiger charge is 2.29. The number of rotatable bonds is 6. The Labute approximate surface area is 179 Å². The summed E-state index contributed by atoms with van der Waals surface area (Å²) in [6.45, 7) is 4.24. The van der Waals surface area contributed by atoms with Gasteiger partial charge in [0.25, 0.3) is 5.91 Å². The Balaban J connectivity index is 1.68.